The normalized spacial score (nSPS) is 20.6. The number of anilines is 1. The first kappa shape index (κ1) is 7.43. The largest absolute Gasteiger partial charge is 0.385 e. The van der Waals surface area contributed by atoms with Gasteiger partial charge in [0.1, 0.15) is 0 Å². The maximum Gasteiger partial charge on any atom is 0.0372 e. The zero-order chi connectivity index (χ0) is 8.67. The van der Waals surface area contributed by atoms with E-state index in [1.807, 2.05) is 0 Å². The topological polar surface area (TPSA) is 12.0 Å². The van der Waals surface area contributed by atoms with Gasteiger partial charge in [0.05, 0.1) is 0 Å². The van der Waals surface area contributed by atoms with E-state index < -0.39 is 0 Å². The van der Waals surface area contributed by atoms with Crippen LogP contribution in [0.25, 0.3) is 0 Å². The molecule has 0 saturated heterocycles. The average Bonchev–Trinajstić information content (AvgIpc) is 3.00. The van der Waals surface area contributed by atoms with Crippen molar-refractivity contribution in [1.82, 2.24) is 0 Å². The lowest BCUT2D eigenvalue weighted by Gasteiger charge is -2.18. The highest BCUT2D eigenvalue weighted by Crippen LogP contribution is 2.41. The molecule has 1 aromatic rings. The zero-order valence-corrected chi connectivity index (χ0v) is 7.84. The van der Waals surface area contributed by atoms with Crippen molar-refractivity contribution in [3.8, 4) is 0 Å². The summed E-state index contributed by atoms with van der Waals surface area (Å²) in [5.41, 5.74) is 4.48. The van der Waals surface area contributed by atoms with E-state index in [-0.39, 0.29) is 0 Å². The summed E-state index contributed by atoms with van der Waals surface area (Å²) >= 11 is 0. The Kier molecular flexibility index (Phi) is 1.58. The van der Waals surface area contributed by atoms with Gasteiger partial charge < -0.3 is 5.32 Å². The quantitative estimate of drug-likeness (QED) is 0.688. The molecule has 1 fully saturated rings. The van der Waals surface area contributed by atoms with Crippen molar-refractivity contribution in [1.29, 1.82) is 0 Å². The molecule has 1 aliphatic heterocycles. The van der Waals surface area contributed by atoms with E-state index in [1.54, 1.807) is 5.56 Å². The van der Waals surface area contributed by atoms with Gasteiger partial charge >= 0.3 is 0 Å². The van der Waals surface area contributed by atoms with Crippen LogP contribution < -0.4 is 5.32 Å². The van der Waals surface area contributed by atoms with Crippen molar-refractivity contribution in [2.75, 3.05) is 11.9 Å². The second kappa shape index (κ2) is 2.76. The number of fused-ring (bicyclic) bond motifs is 1. The van der Waals surface area contributed by atoms with Gasteiger partial charge in [-0.25, -0.2) is 0 Å². The fourth-order valence-corrected chi connectivity index (χ4v) is 2.17. The minimum absolute atomic E-state index is 0.896. The van der Waals surface area contributed by atoms with Gasteiger partial charge in [-0.05, 0) is 48.8 Å². The number of aryl methyl sites for hydroxylation is 1. The van der Waals surface area contributed by atoms with Crippen LogP contribution in [0.4, 0.5) is 5.69 Å². The smallest absolute Gasteiger partial charge is 0.0372 e. The maximum absolute atomic E-state index is 3.45. The lowest BCUT2D eigenvalue weighted by Crippen LogP contribution is -2.11. The summed E-state index contributed by atoms with van der Waals surface area (Å²) in [4.78, 5) is 0. The highest BCUT2D eigenvalue weighted by atomic mass is 14.9. The first-order valence-corrected chi connectivity index (χ1v) is 5.30. The third-order valence-electron chi connectivity index (χ3n) is 3.12. The Morgan fingerprint density at radius 2 is 2.15 bits per heavy atom. The van der Waals surface area contributed by atoms with E-state index in [4.69, 9.17) is 0 Å². The molecule has 1 saturated carbocycles. The molecule has 0 spiro atoms. The Morgan fingerprint density at radius 1 is 1.23 bits per heavy atom. The van der Waals surface area contributed by atoms with Crippen LogP contribution in [0.3, 0.4) is 0 Å². The standard InChI is InChI=1S/C12H15N/c1-2-11-8-10(9-3-4-9)5-6-12(11)13-7-1/h5-6,8-9,13H,1-4,7H2. The third-order valence-corrected chi connectivity index (χ3v) is 3.12. The molecule has 1 heterocycles. The van der Waals surface area contributed by atoms with E-state index in [0.717, 1.165) is 12.5 Å². The maximum atomic E-state index is 3.45. The molecule has 3 rings (SSSR count). The van der Waals surface area contributed by atoms with Crippen LogP contribution in [0.15, 0.2) is 18.2 Å². The second-order valence-corrected chi connectivity index (χ2v) is 4.22. The number of benzene rings is 1. The number of hydrogen-bond donors (Lipinski definition) is 1. The summed E-state index contributed by atoms with van der Waals surface area (Å²) in [6, 6.07) is 6.98. The van der Waals surface area contributed by atoms with Gasteiger partial charge in [-0.15, -0.1) is 0 Å². The zero-order valence-electron chi connectivity index (χ0n) is 7.84. The second-order valence-electron chi connectivity index (χ2n) is 4.22. The fraction of sp³-hybridized carbons (Fsp3) is 0.500. The summed E-state index contributed by atoms with van der Waals surface area (Å²) in [6.45, 7) is 1.15. The van der Waals surface area contributed by atoms with Crippen molar-refractivity contribution in [3.63, 3.8) is 0 Å². The van der Waals surface area contributed by atoms with Crippen LogP contribution in [0.1, 0.15) is 36.3 Å². The minimum Gasteiger partial charge on any atom is -0.385 e. The Labute approximate surface area is 79.2 Å². The summed E-state index contributed by atoms with van der Waals surface area (Å²) < 4.78 is 0. The van der Waals surface area contributed by atoms with Gasteiger partial charge in [-0.3, -0.25) is 0 Å². The Hall–Kier alpha value is -0.980. The number of rotatable bonds is 1. The van der Waals surface area contributed by atoms with Crippen LogP contribution in [0.5, 0.6) is 0 Å². The molecule has 1 aliphatic carbocycles. The van der Waals surface area contributed by atoms with Crippen molar-refractivity contribution in [3.05, 3.63) is 29.3 Å². The summed E-state index contributed by atoms with van der Waals surface area (Å²) in [5, 5.41) is 3.45. The number of nitrogens with one attached hydrogen (secondary N) is 1. The highest BCUT2D eigenvalue weighted by Gasteiger charge is 2.24. The van der Waals surface area contributed by atoms with E-state index >= 15 is 0 Å². The summed E-state index contributed by atoms with van der Waals surface area (Å²) in [6.07, 6.45) is 5.38. The van der Waals surface area contributed by atoms with E-state index in [9.17, 15) is 0 Å². The summed E-state index contributed by atoms with van der Waals surface area (Å²) in [5.74, 6) is 0.896. The van der Waals surface area contributed by atoms with Crippen molar-refractivity contribution < 1.29 is 0 Å². The number of hydrogen-bond acceptors (Lipinski definition) is 1. The Bertz CT molecular complexity index is 326. The third kappa shape index (κ3) is 1.32. The van der Waals surface area contributed by atoms with Gasteiger partial charge in [0.2, 0.25) is 0 Å². The van der Waals surface area contributed by atoms with Crippen molar-refractivity contribution >= 4 is 5.69 Å². The predicted molar refractivity (Wildman–Crippen MR) is 55.2 cm³/mol. The van der Waals surface area contributed by atoms with Gasteiger partial charge in [0.25, 0.3) is 0 Å². The summed E-state index contributed by atoms with van der Waals surface area (Å²) in [7, 11) is 0. The molecule has 1 N–H and O–H groups in total. The van der Waals surface area contributed by atoms with Gasteiger partial charge in [0.15, 0.2) is 0 Å². The molecular formula is C12H15N. The minimum atomic E-state index is 0.896. The van der Waals surface area contributed by atoms with E-state index in [2.05, 4.69) is 23.5 Å². The monoisotopic (exact) mass is 173 g/mol. The van der Waals surface area contributed by atoms with Crippen molar-refractivity contribution in [2.45, 2.75) is 31.6 Å². The molecule has 13 heavy (non-hydrogen) atoms. The van der Waals surface area contributed by atoms with Crippen LogP contribution in [0.2, 0.25) is 0 Å². The van der Waals surface area contributed by atoms with E-state index in [1.165, 1.54) is 36.9 Å². The molecular weight excluding hydrogens is 158 g/mol. The Balaban J connectivity index is 1.98. The molecule has 0 bridgehead atoms. The molecule has 2 aliphatic rings. The van der Waals surface area contributed by atoms with Gasteiger partial charge in [-0.2, -0.15) is 0 Å². The fourth-order valence-electron chi connectivity index (χ4n) is 2.17. The van der Waals surface area contributed by atoms with E-state index in [0.29, 0.717) is 0 Å². The average molecular weight is 173 g/mol. The lowest BCUT2D eigenvalue weighted by molar-refractivity contribution is 0.827. The molecule has 0 atom stereocenters. The van der Waals surface area contributed by atoms with Crippen LogP contribution >= 0.6 is 0 Å². The van der Waals surface area contributed by atoms with Gasteiger partial charge in [-0.1, -0.05) is 12.1 Å². The van der Waals surface area contributed by atoms with Gasteiger partial charge in [0, 0.05) is 12.2 Å². The van der Waals surface area contributed by atoms with Crippen LogP contribution in [0, 0.1) is 0 Å². The SMILES string of the molecule is c1cc2c(cc1C1CC1)CCCN2. The predicted octanol–water partition coefficient (Wildman–Crippen LogP) is 2.92. The molecule has 0 amide bonds. The van der Waals surface area contributed by atoms with Crippen molar-refractivity contribution in [2.24, 2.45) is 0 Å². The molecule has 1 nitrogen and oxygen atoms in total. The van der Waals surface area contributed by atoms with Crippen LogP contribution in [-0.4, -0.2) is 6.54 Å². The highest BCUT2D eigenvalue weighted by molar-refractivity contribution is 5.55. The molecule has 68 valence electrons. The van der Waals surface area contributed by atoms with Crippen LogP contribution in [-0.2, 0) is 6.42 Å². The molecule has 0 aromatic heterocycles. The molecule has 1 heteroatoms. The molecule has 1 aromatic carbocycles. The first-order valence-electron chi connectivity index (χ1n) is 5.30. The molecule has 0 radical (unpaired) electrons. The lowest BCUT2D eigenvalue weighted by atomic mass is 9.99. The first-order chi connectivity index (χ1) is 6.43. The molecule has 0 unspecified atom stereocenters. The Morgan fingerprint density at radius 3 is 3.00 bits per heavy atom.